The second-order valence-corrected chi connectivity index (χ2v) is 9.46. The van der Waals surface area contributed by atoms with Crippen molar-refractivity contribution < 1.29 is 27.5 Å². The lowest BCUT2D eigenvalue weighted by molar-refractivity contribution is -0.138. The van der Waals surface area contributed by atoms with E-state index >= 15 is 0 Å². The minimum atomic E-state index is -4.55. The maximum atomic E-state index is 13.6. The van der Waals surface area contributed by atoms with Gasteiger partial charge in [-0.1, -0.05) is 18.2 Å². The molecule has 3 aromatic carbocycles. The summed E-state index contributed by atoms with van der Waals surface area (Å²) in [4.78, 5) is 22.5. The van der Waals surface area contributed by atoms with E-state index in [9.17, 15) is 27.5 Å². The van der Waals surface area contributed by atoms with Crippen LogP contribution in [0.15, 0.2) is 71.7 Å². The molecule has 6 nitrogen and oxygen atoms in total. The molecule has 1 atom stereocenters. The monoisotopic (exact) mass is 526 g/mol. The fourth-order valence-electron chi connectivity index (χ4n) is 5.01. The minimum absolute atomic E-state index is 0.219. The van der Waals surface area contributed by atoms with Crippen molar-refractivity contribution in [1.82, 2.24) is 4.90 Å². The normalized spacial score (nSPS) is 17.8. The predicted octanol–water partition coefficient (Wildman–Crippen LogP) is 6.00. The van der Waals surface area contributed by atoms with Crippen molar-refractivity contribution in [3.05, 3.63) is 89.2 Å². The molecular weight excluding hydrogens is 500 g/mol. The van der Waals surface area contributed by atoms with Gasteiger partial charge in [-0.25, -0.2) is 9.38 Å². The summed E-state index contributed by atoms with van der Waals surface area (Å²) >= 11 is 0. The highest BCUT2D eigenvalue weighted by atomic mass is 19.4. The van der Waals surface area contributed by atoms with Crippen molar-refractivity contribution in [3.63, 3.8) is 0 Å². The average molecular weight is 527 g/mol. The van der Waals surface area contributed by atoms with Gasteiger partial charge in [-0.05, 0) is 61.0 Å². The van der Waals surface area contributed by atoms with Crippen LogP contribution in [0, 0.1) is 12.7 Å². The molecular formula is C28H26F4N4O2. The minimum Gasteiger partial charge on any atom is -0.481 e. The first kappa shape index (κ1) is 25.6. The van der Waals surface area contributed by atoms with Crippen LogP contribution in [0.1, 0.15) is 29.2 Å². The molecule has 5 rings (SSSR count). The second kappa shape index (κ2) is 10.00. The third-order valence-corrected chi connectivity index (χ3v) is 6.87. The Kier molecular flexibility index (Phi) is 6.73. The number of halogens is 4. The molecule has 0 bridgehead atoms. The molecule has 0 saturated carbocycles. The molecule has 3 aromatic rings. The van der Waals surface area contributed by atoms with Gasteiger partial charge in [0, 0.05) is 43.1 Å². The molecule has 1 saturated heterocycles. The first-order valence-electron chi connectivity index (χ1n) is 12.2. The maximum absolute atomic E-state index is 13.6. The number of carboxylic acids is 1. The summed E-state index contributed by atoms with van der Waals surface area (Å²) in [6.07, 6.45) is -4.87. The first-order valence-corrected chi connectivity index (χ1v) is 12.2. The van der Waals surface area contributed by atoms with Crippen LogP contribution < -0.4 is 9.80 Å². The Balaban J connectivity index is 1.55. The number of benzene rings is 3. The van der Waals surface area contributed by atoms with Gasteiger partial charge in [0.25, 0.3) is 0 Å². The number of alkyl halides is 3. The predicted molar refractivity (Wildman–Crippen MR) is 137 cm³/mol. The number of carbonyl (C=O) groups is 1. The molecule has 0 aromatic heterocycles. The Morgan fingerprint density at radius 3 is 2.29 bits per heavy atom. The van der Waals surface area contributed by atoms with E-state index in [1.807, 2.05) is 24.0 Å². The van der Waals surface area contributed by atoms with Crippen LogP contribution in [-0.4, -0.2) is 48.1 Å². The maximum Gasteiger partial charge on any atom is 0.416 e. The first-order chi connectivity index (χ1) is 18.1. The molecule has 1 N–H and O–H groups in total. The Labute approximate surface area is 217 Å². The van der Waals surface area contributed by atoms with Gasteiger partial charge < -0.3 is 19.8 Å². The van der Waals surface area contributed by atoms with E-state index in [4.69, 9.17) is 4.99 Å². The fraction of sp³-hybridized carbons (Fsp3) is 0.286. The standard InChI is InChI=1S/C28H26F4N4O2/c1-18-5-10-23-24(15-18)33-27(35-13-11-34(12-14-35)21-8-6-20(29)7-9-21)36(25(23)17-26(37)38)22-4-2-3-19(16-22)28(30,31)32/h2-10,15-16,25H,11-14,17H2,1H3,(H,37,38). The van der Waals surface area contributed by atoms with E-state index in [1.165, 1.54) is 18.2 Å². The van der Waals surface area contributed by atoms with Crippen molar-refractivity contribution in [1.29, 1.82) is 0 Å². The molecule has 198 valence electrons. The zero-order valence-electron chi connectivity index (χ0n) is 20.6. The van der Waals surface area contributed by atoms with Crippen LogP contribution in [0.2, 0.25) is 0 Å². The molecule has 38 heavy (non-hydrogen) atoms. The zero-order chi connectivity index (χ0) is 27.0. The molecule has 0 radical (unpaired) electrons. The number of hydrogen-bond acceptors (Lipinski definition) is 5. The average Bonchev–Trinajstić information content (AvgIpc) is 2.88. The van der Waals surface area contributed by atoms with E-state index in [1.54, 1.807) is 29.2 Å². The molecule has 0 spiro atoms. The number of carboxylic acid groups (broad SMARTS) is 1. The summed E-state index contributed by atoms with van der Waals surface area (Å²) in [5, 5.41) is 9.78. The largest absolute Gasteiger partial charge is 0.481 e. The third kappa shape index (κ3) is 5.16. The number of hydrogen-bond donors (Lipinski definition) is 1. The summed E-state index contributed by atoms with van der Waals surface area (Å²) in [5.74, 6) is -0.979. The lowest BCUT2D eigenvalue weighted by atomic mass is 9.96. The van der Waals surface area contributed by atoms with Gasteiger partial charge in [0.05, 0.1) is 23.7 Å². The zero-order valence-corrected chi connectivity index (χ0v) is 20.6. The molecule has 2 aliphatic rings. The molecule has 0 amide bonds. The van der Waals surface area contributed by atoms with Crippen LogP contribution >= 0.6 is 0 Å². The number of nitrogens with zero attached hydrogens (tertiary/aromatic N) is 4. The van der Waals surface area contributed by atoms with Gasteiger partial charge in [0.1, 0.15) is 5.82 Å². The van der Waals surface area contributed by atoms with Crippen LogP contribution in [0.25, 0.3) is 0 Å². The molecule has 1 unspecified atom stereocenters. The lowest BCUT2D eigenvalue weighted by Gasteiger charge is -2.45. The highest BCUT2D eigenvalue weighted by Gasteiger charge is 2.38. The van der Waals surface area contributed by atoms with Crippen LogP contribution in [0.5, 0.6) is 0 Å². The van der Waals surface area contributed by atoms with E-state index in [0.717, 1.165) is 23.4 Å². The molecule has 10 heteroatoms. The molecule has 2 heterocycles. The SMILES string of the molecule is Cc1ccc2c(c1)N=C(N1CCN(c3ccc(F)cc3)CC1)N(c1cccc(C(F)(F)F)c1)C2CC(=O)O. The quantitative estimate of drug-likeness (QED) is 0.423. The Morgan fingerprint density at radius 2 is 1.63 bits per heavy atom. The smallest absolute Gasteiger partial charge is 0.416 e. The van der Waals surface area contributed by atoms with Crippen LogP contribution in [-0.2, 0) is 11.0 Å². The van der Waals surface area contributed by atoms with Gasteiger partial charge >= 0.3 is 12.1 Å². The van der Waals surface area contributed by atoms with Gasteiger partial charge in [-0.3, -0.25) is 4.79 Å². The van der Waals surface area contributed by atoms with E-state index in [0.29, 0.717) is 43.4 Å². The van der Waals surface area contributed by atoms with Crippen LogP contribution in [0.3, 0.4) is 0 Å². The summed E-state index contributed by atoms with van der Waals surface area (Å²) in [5.41, 5.74) is 2.46. The number of anilines is 2. The fourth-order valence-corrected chi connectivity index (χ4v) is 5.01. The van der Waals surface area contributed by atoms with Crippen molar-refractivity contribution in [2.75, 3.05) is 36.0 Å². The topological polar surface area (TPSA) is 59.4 Å². The van der Waals surface area contributed by atoms with Crippen molar-refractivity contribution in [2.45, 2.75) is 25.6 Å². The Morgan fingerprint density at radius 1 is 0.947 bits per heavy atom. The van der Waals surface area contributed by atoms with E-state index in [2.05, 4.69) is 4.90 Å². The summed E-state index contributed by atoms with van der Waals surface area (Å²) in [7, 11) is 0. The van der Waals surface area contributed by atoms with Gasteiger partial charge in [0.15, 0.2) is 0 Å². The van der Waals surface area contributed by atoms with Crippen molar-refractivity contribution in [3.8, 4) is 0 Å². The van der Waals surface area contributed by atoms with Gasteiger partial charge in [-0.15, -0.1) is 0 Å². The van der Waals surface area contributed by atoms with Crippen molar-refractivity contribution in [2.24, 2.45) is 4.99 Å². The summed E-state index contributed by atoms with van der Waals surface area (Å²) in [6.45, 7) is 4.04. The molecule has 2 aliphatic heterocycles. The second-order valence-electron chi connectivity index (χ2n) is 9.46. The number of aliphatic imine (C=N–C) groups is 1. The number of piperazine rings is 1. The third-order valence-electron chi connectivity index (χ3n) is 6.87. The van der Waals surface area contributed by atoms with Gasteiger partial charge in [-0.2, -0.15) is 13.2 Å². The summed E-state index contributed by atoms with van der Waals surface area (Å²) in [6, 6.07) is 15.9. The number of aliphatic carboxylic acids is 1. The molecule has 1 fully saturated rings. The van der Waals surface area contributed by atoms with E-state index in [-0.39, 0.29) is 17.9 Å². The number of guanidine groups is 1. The summed E-state index contributed by atoms with van der Waals surface area (Å²) < 4.78 is 54.3. The van der Waals surface area contributed by atoms with Gasteiger partial charge in [0.2, 0.25) is 5.96 Å². The molecule has 0 aliphatic carbocycles. The number of fused-ring (bicyclic) bond motifs is 1. The number of rotatable bonds is 4. The number of aryl methyl sites for hydroxylation is 1. The Hall–Kier alpha value is -4.08. The highest BCUT2D eigenvalue weighted by molar-refractivity contribution is 6.01. The van der Waals surface area contributed by atoms with E-state index < -0.39 is 23.8 Å². The lowest BCUT2D eigenvalue weighted by Crippen LogP contribution is -2.55. The Bertz CT molecular complexity index is 1370. The van der Waals surface area contributed by atoms with Crippen molar-refractivity contribution >= 4 is 29.0 Å². The highest BCUT2D eigenvalue weighted by Crippen LogP contribution is 2.42. The van der Waals surface area contributed by atoms with Crippen LogP contribution in [0.4, 0.5) is 34.6 Å².